The van der Waals surface area contributed by atoms with Crippen molar-refractivity contribution in [1.82, 2.24) is 5.32 Å². The lowest BCUT2D eigenvalue weighted by molar-refractivity contribution is -0.118. The molecule has 1 aliphatic heterocycles. The number of hydrogen-bond donors (Lipinski definition) is 2. The molecular weight excluding hydrogens is 454 g/mol. The lowest BCUT2D eigenvalue weighted by atomic mass is 10.0. The number of nitrogens with zero attached hydrogens (tertiary/aromatic N) is 1. The van der Waals surface area contributed by atoms with Gasteiger partial charge in [0.05, 0.1) is 6.26 Å². The molecule has 0 fully saturated rings. The fraction of sp³-hybridized carbons (Fsp3) is 0.138. The number of anilines is 2. The van der Waals surface area contributed by atoms with E-state index in [1.165, 1.54) is 6.26 Å². The Morgan fingerprint density at radius 2 is 1.61 bits per heavy atom. The second-order valence-corrected chi connectivity index (χ2v) is 8.60. The molecule has 3 aromatic carbocycles. The summed E-state index contributed by atoms with van der Waals surface area (Å²) in [6.45, 7) is 0.646. The molecular formula is C29H25N3O4. The standard InChI is InChI=1S/C29H25N3O4/c33-27(24(19-20-7-2-1-3-8-20)31-28(34)26-11-6-18-36-26)30-23-14-12-22(13-15-23)29(35)32-17-16-21-9-4-5-10-25(21)32/h1-15,18,24H,16-17,19H2,(H,30,33)(H,31,34). The molecule has 1 unspecified atom stereocenters. The predicted molar refractivity (Wildman–Crippen MR) is 137 cm³/mol. The number of amides is 3. The predicted octanol–water partition coefficient (Wildman–Crippen LogP) is 4.46. The summed E-state index contributed by atoms with van der Waals surface area (Å²) in [4.78, 5) is 40.6. The average Bonchev–Trinajstić information content (AvgIpc) is 3.60. The van der Waals surface area contributed by atoms with Gasteiger partial charge in [0.15, 0.2) is 5.76 Å². The molecule has 2 heterocycles. The van der Waals surface area contributed by atoms with Gasteiger partial charge >= 0.3 is 0 Å². The first-order valence-corrected chi connectivity index (χ1v) is 11.8. The maximum absolute atomic E-state index is 13.2. The molecule has 0 bridgehead atoms. The first kappa shape index (κ1) is 23.1. The van der Waals surface area contributed by atoms with Crippen LogP contribution in [0.25, 0.3) is 0 Å². The minimum Gasteiger partial charge on any atom is -0.459 e. The van der Waals surface area contributed by atoms with Crippen LogP contribution in [-0.4, -0.2) is 30.3 Å². The van der Waals surface area contributed by atoms with Gasteiger partial charge < -0.3 is 20.0 Å². The Hall–Kier alpha value is -4.65. The highest BCUT2D eigenvalue weighted by Crippen LogP contribution is 2.29. The van der Waals surface area contributed by atoms with Gasteiger partial charge in [-0.1, -0.05) is 48.5 Å². The van der Waals surface area contributed by atoms with Crippen LogP contribution in [0.5, 0.6) is 0 Å². The number of carbonyl (C=O) groups excluding carboxylic acids is 3. The van der Waals surface area contributed by atoms with Crippen LogP contribution in [0.1, 0.15) is 32.0 Å². The Morgan fingerprint density at radius 1 is 0.861 bits per heavy atom. The maximum atomic E-state index is 13.2. The van der Waals surface area contributed by atoms with E-state index in [1.54, 1.807) is 41.3 Å². The van der Waals surface area contributed by atoms with Crippen molar-refractivity contribution in [2.75, 3.05) is 16.8 Å². The summed E-state index contributed by atoms with van der Waals surface area (Å²) in [5.74, 6) is -0.785. The van der Waals surface area contributed by atoms with Gasteiger partial charge in [-0.2, -0.15) is 0 Å². The van der Waals surface area contributed by atoms with Gasteiger partial charge in [0, 0.05) is 29.9 Å². The number of hydrogen-bond acceptors (Lipinski definition) is 4. The smallest absolute Gasteiger partial charge is 0.287 e. The van der Waals surface area contributed by atoms with E-state index in [1.807, 2.05) is 54.6 Å². The van der Waals surface area contributed by atoms with E-state index in [0.29, 0.717) is 24.2 Å². The van der Waals surface area contributed by atoms with Crippen LogP contribution in [-0.2, 0) is 17.6 Å². The zero-order valence-electron chi connectivity index (χ0n) is 19.5. The third-order valence-corrected chi connectivity index (χ3v) is 6.18. The minimum atomic E-state index is -0.826. The fourth-order valence-corrected chi connectivity index (χ4v) is 4.33. The summed E-state index contributed by atoms with van der Waals surface area (Å²) >= 11 is 0. The van der Waals surface area contributed by atoms with Crippen LogP contribution in [0, 0.1) is 0 Å². The fourth-order valence-electron chi connectivity index (χ4n) is 4.33. The van der Waals surface area contributed by atoms with Crippen molar-refractivity contribution in [3.63, 3.8) is 0 Å². The third-order valence-electron chi connectivity index (χ3n) is 6.18. The number of para-hydroxylation sites is 1. The summed E-state index contributed by atoms with van der Waals surface area (Å²) in [6.07, 6.45) is 2.55. The quantitative estimate of drug-likeness (QED) is 0.409. The zero-order valence-corrected chi connectivity index (χ0v) is 19.5. The zero-order chi connectivity index (χ0) is 24.9. The second kappa shape index (κ2) is 10.3. The Morgan fingerprint density at radius 3 is 2.36 bits per heavy atom. The van der Waals surface area contributed by atoms with Gasteiger partial charge in [-0.25, -0.2) is 0 Å². The van der Waals surface area contributed by atoms with Crippen molar-refractivity contribution in [2.24, 2.45) is 0 Å². The van der Waals surface area contributed by atoms with Crippen molar-refractivity contribution in [3.05, 3.63) is 120 Å². The van der Waals surface area contributed by atoms with E-state index in [9.17, 15) is 14.4 Å². The number of fused-ring (bicyclic) bond motifs is 1. The monoisotopic (exact) mass is 479 g/mol. The van der Waals surface area contributed by atoms with Gasteiger partial charge in [0.1, 0.15) is 6.04 Å². The van der Waals surface area contributed by atoms with Crippen molar-refractivity contribution >= 4 is 29.1 Å². The molecule has 4 aromatic rings. The molecule has 2 N–H and O–H groups in total. The van der Waals surface area contributed by atoms with E-state index < -0.39 is 11.9 Å². The van der Waals surface area contributed by atoms with Crippen molar-refractivity contribution < 1.29 is 18.8 Å². The summed E-state index contributed by atoms with van der Waals surface area (Å²) in [5.41, 5.74) is 4.08. The molecule has 180 valence electrons. The Kier molecular flexibility index (Phi) is 6.62. The second-order valence-electron chi connectivity index (χ2n) is 8.60. The Bertz CT molecular complexity index is 1370. The molecule has 1 atom stereocenters. The molecule has 0 spiro atoms. The summed E-state index contributed by atoms with van der Waals surface area (Å²) in [7, 11) is 0. The highest BCUT2D eigenvalue weighted by atomic mass is 16.3. The van der Waals surface area contributed by atoms with Gasteiger partial charge in [-0.05, 0) is 60.0 Å². The van der Waals surface area contributed by atoms with Gasteiger partial charge in [-0.3, -0.25) is 14.4 Å². The normalized spacial score (nSPS) is 13.1. The third kappa shape index (κ3) is 5.05. The van der Waals surface area contributed by atoms with Gasteiger partial charge in [0.2, 0.25) is 5.91 Å². The average molecular weight is 480 g/mol. The molecule has 3 amide bonds. The minimum absolute atomic E-state index is 0.0782. The highest BCUT2D eigenvalue weighted by Gasteiger charge is 2.26. The molecule has 0 saturated carbocycles. The maximum Gasteiger partial charge on any atom is 0.287 e. The number of nitrogens with one attached hydrogen (secondary N) is 2. The largest absolute Gasteiger partial charge is 0.459 e. The highest BCUT2D eigenvalue weighted by molar-refractivity contribution is 6.07. The molecule has 0 radical (unpaired) electrons. The van der Waals surface area contributed by atoms with Gasteiger partial charge in [0.25, 0.3) is 11.8 Å². The van der Waals surface area contributed by atoms with E-state index in [0.717, 1.165) is 23.2 Å². The van der Waals surface area contributed by atoms with Crippen LogP contribution >= 0.6 is 0 Å². The first-order chi connectivity index (χ1) is 17.6. The van der Waals surface area contributed by atoms with Crippen molar-refractivity contribution in [1.29, 1.82) is 0 Å². The molecule has 0 aliphatic carbocycles. The van der Waals surface area contributed by atoms with Crippen LogP contribution in [0.15, 0.2) is 102 Å². The molecule has 5 rings (SSSR count). The van der Waals surface area contributed by atoms with Crippen LogP contribution in [0.4, 0.5) is 11.4 Å². The topological polar surface area (TPSA) is 91.7 Å². The van der Waals surface area contributed by atoms with Crippen LogP contribution in [0.2, 0.25) is 0 Å². The number of rotatable bonds is 7. The first-order valence-electron chi connectivity index (χ1n) is 11.8. The Labute approximate surface area is 208 Å². The lowest BCUT2D eigenvalue weighted by Gasteiger charge is -2.19. The lowest BCUT2D eigenvalue weighted by Crippen LogP contribution is -2.45. The summed E-state index contributed by atoms with van der Waals surface area (Å²) in [5, 5.41) is 5.61. The molecule has 7 nitrogen and oxygen atoms in total. The van der Waals surface area contributed by atoms with E-state index >= 15 is 0 Å². The summed E-state index contributed by atoms with van der Waals surface area (Å²) < 4.78 is 5.16. The van der Waals surface area contributed by atoms with Crippen molar-refractivity contribution in [2.45, 2.75) is 18.9 Å². The van der Waals surface area contributed by atoms with E-state index in [2.05, 4.69) is 10.6 Å². The van der Waals surface area contributed by atoms with E-state index in [-0.39, 0.29) is 17.6 Å². The molecule has 36 heavy (non-hydrogen) atoms. The van der Waals surface area contributed by atoms with Gasteiger partial charge in [-0.15, -0.1) is 0 Å². The Balaban J connectivity index is 1.28. The number of benzene rings is 3. The number of furan rings is 1. The molecule has 1 aromatic heterocycles. The molecule has 7 heteroatoms. The van der Waals surface area contributed by atoms with Crippen LogP contribution in [0.3, 0.4) is 0 Å². The molecule has 0 saturated heterocycles. The SMILES string of the molecule is O=C(NC(Cc1ccccc1)C(=O)Nc1ccc(C(=O)N2CCc3ccccc32)cc1)c1ccco1. The van der Waals surface area contributed by atoms with Crippen LogP contribution < -0.4 is 15.5 Å². The summed E-state index contributed by atoms with van der Waals surface area (Å²) in [6, 6.07) is 26.5. The van der Waals surface area contributed by atoms with E-state index in [4.69, 9.17) is 4.42 Å². The molecule has 1 aliphatic rings. The van der Waals surface area contributed by atoms with Crippen molar-refractivity contribution in [3.8, 4) is 0 Å². The number of carbonyl (C=O) groups is 3.